The van der Waals surface area contributed by atoms with Crippen LogP contribution in [0, 0.1) is 5.92 Å². The summed E-state index contributed by atoms with van der Waals surface area (Å²) >= 11 is 3.51. The second kappa shape index (κ2) is 6.59. The Kier molecular flexibility index (Phi) is 4.79. The van der Waals surface area contributed by atoms with Gasteiger partial charge in [0, 0.05) is 22.6 Å². The largest absolute Gasteiger partial charge is 0.314 e. The highest BCUT2D eigenvalue weighted by Crippen LogP contribution is 2.33. The van der Waals surface area contributed by atoms with Crippen molar-refractivity contribution in [2.24, 2.45) is 5.92 Å². The Balaban J connectivity index is 1.62. The first-order valence-corrected chi connectivity index (χ1v) is 8.78. The van der Waals surface area contributed by atoms with E-state index in [0.29, 0.717) is 12.1 Å². The van der Waals surface area contributed by atoms with Gasteiger partial charge in [-0.1, -0.05) is 34.5 Å². The molecule has 2 N–H and O–H groups in total. The third-order valence-corrected chi connectivity index (χ3v) is 5.55. The molecule has 1 aromatic carbocycles. The zero-order valence-electron chi connectivity index (χ0n) is 12.2. The normalized spacial score (nSPS) is 31.6. The van der Waals surface area contributed by atoms with E-state index >= 15 is 0 Å². The Hall–Kier alpha value is -0.380. The van der Waals surface area contributed by atoms with E-state index in [0.717, 1.165) is 16.4 Å². The molecular weight excluding hydrogens is 312 g/mol. The molecular formula is C17H25BrN2. The van der Waals surface area contributed by atoms with Crippen molar-refractivity contribution < 1.29 is 0 Å². The van der Waals surface area contributed by atoms with Crippen LogP contribution < -0.4 is 10.6 Å². The van der Waals surface area contributed by atoms with E-state index in [1.165, 1.54) is 44.2 Å². The van der Waals surface area contributed by atoms with Crippen molar-refractivity contribution in [3.8, 4) is 0 Å². The molecule has 0 aromatic heterocycles. The van der Waals surface area contributed by atoms with Crippen LogP contribution >= 0.6 is 15.9 Å². The van der Waals surface area contributed by atoms with E-state index < -0.39 is 0 Å². The van der Waals surface area contributed by atoms with Crippen LogP contribution in [-0.4, -0.2) is 18.6 Å². The minimum Gasteiger partial charge on any atom is -0.314 e. The first-order chi connectivity index (χ1) is 9.74. The average molecular weight is 337 g/mol. The molecule has 1 saturated heterocycles. The number of nitrogens with one attached hydrogen (secondary N) is 2. The van der Waals surface area contributed by atoms with Crippen LogP contribution in [0.3, 0.4) is 0 Å². The zero-order chi connectivity index (χ0) is 13.9. The molecule has 1 aromatic rings. The molecule has 3 heteroatoms. The van der Waals surface area contributed by atoms with Crippen LogP contribution in [0.1, 0.15) is 50.6 Å². The lowest BCUT2D eigenvalue weighted by molar-refractivity contribution is 0.303. The molecule has 3 rings (SSSR count). The van der Waals surface area contributed by atoms with Crippen molar-refractivity contribution >= 4 is 15.9 Å². The summed E-state index contributed by atoms with van der Waals surface area (Å²) in [5, 5.41) is 7.59. The highest BCUT2D eigenvalue weighted by atomic mass is 79.9. The summed E-state index contributed by atoms with van der Waals surface area (Å²) < 4.78 is 1.15. The predicted molar refractivity (Wildman–Crippen MR) is 87.8 cm³/mol. The van der Waals surface area contributed by atoms with E-state index in [1.807, 2.05) is 0 Å². The Morgan fingerprint density at radius 3 is 2.65 bits per heavy atom. The van der Waals surface area contributed by atoms with Crippen LogP contribution in [-0.2, 0) is 0 Å². The molecule has 20 heavy (non-hydrogen) atoms. The Labute approximate surface area is 130 Å². The number of hydrogen-bond acceptors (Lipinski definition) is 2. The van der Waals surface area contributed by atoms with Gasteiger partial charge in [-0.2, -0.15) is 0 Å². The van der Waals surface area contributed by atoms with Gasteiger partial charge in [0.25, 0.3) is 0 Å². The van der Waals surface area contributed by atoms with Crippen molar-refractivity contribution in [2.75, 3.05) is 6.54 Å². The van der Waals surface area contributed by atoms with E-state index in [-0.39, 0.29) is 0 Å². The van der Waals surface area contributed by atoms with Crippen LogP contribution in [0.25, 0.3) is 0 Å². The number of rotatable bonds is 4. The Morgan fingerprint density at radius 2 is 1.95 bits per heavy atom. The molecule has 2 aliphatic rings. The summed E-state index contributed by atoms with van der Waals surface area (Å²) in [5.41, 5.74) is 1.39. The van der Waals surface area contributed by atoms with Crippen LogP contribution in [0.4, 0.5) is 0 Å². The summed E-state index contributed by atoms with van der Waals surface area (Å²) in [6, 6.07) is 10.6. The first-order valence-electron chi connectivity index (χ1n) is 7.99. The molecule has 3 unspecified atom stereocenters. The SMILES string of the molecule is C[C@H](NC1CCCC1C1CCCN1)c1ccc(Br)cc1. The second-order valence-electron chi connectivity index (χ2n) is 6.34. The van der Waals surface area contributed by atoms with E-state index in [4.69, 9.17) is 0 Å². The van der Waals surface area contributed by atoms with Gasteiger partial charge in [0.15, 0.2) is 0 Å². The summed E-state index contributed by atoms with van der Waals surface area (Å²) in [6.07, 6.45) is 6.84. The summed E-state index contributed by atoms with van der Waals surface area (Å²) in [4.78, 5) is 0. The summed E-state index contributed by atoms with van der Waals surface area (Å²) in [5.74, 6) is 0.829. The average Bonchev–Trinajstić information content (AvgIpc) is 3.09. The molecule has 0 amide bonds. The van der Waals surface area contributed by atoms with Gasteiger partial charge in [-0.25, -0.2) is 0 Å². The third-order valence-electron chi connectivity index (χ3n) is 5.02. The first kappa shape index (κ1) is 14.6. The highest BCUT2D eigenvalue weighted by Gasteiger charge is 2.35. The number of halogens is 1. The minimum absolute atomic E-state index is 0.440. The lowest BCUT2D eigenvalue weighted by Gasteiger charge is -2.29. The summed E-state index contributed by atoms with van der Waals surface area (Å²) in [6.45, 7) is 3.51. The monoisotopic (exact) mass is 336 g/mol. The fourth-order valence-electron chi connectivity index (χ4n) is 3.92. The molecule has 0 spiro atoms. The fraction of sp³-hybridized carbons (Fsp3) is 0.647. The number of benzene rings is 1. The van der Waals surface area contributed by atoms with Crippen molar-refractivity contribution in [3.05, 3.63) is 34.3 Å². The molecule has 1 heterocycles. The lowest BCUT2D eigenvalue weighted by Crippen LogP contribution is -2.42. The second-order valence-corrected chi connectivity index (χ2v) is 7.26. The van der Waals surface area contributed by atoms with Gasteiger partial charge >= 0.3 is 0 Å². The van der Waals surface area contributed by atoms with Gasteiger partial charge in [-0.15, -0.1) is 0 Å². The molecule has 1 aliphatic heterocycles. The van der Waals surface area contributed by atoms with Gasteiger partial charge < -0.3 is 10.6 Å². The van der Waals surface area contributed by atoms with Crippen molar-refractivity contribution in [3.63, 3.8) is 0 Å². The standard InChI is InChI=1S/C17H25BrN2/c1-12(13-7-9-14(18)10-8-13)20-17-5-2-4-15(17)16-6-3-11-19-16/h7-10,12,15-17,19-20H,2-6,11H2,1H3/t12-,15?,16?,17?/m0/s1. The smallest absolute Gasteiger partial charge is 0.0294 e. The highest BCUT2D eigenvalue weighted by molar-refractivity contribution is 9.10. The van der Waals surface area contributed by atoms with E-state index in [2.05, 4.69) is 57.8 Å². The van der Waals surface area contributed by atoms with Crippen molar-refractivity contribution in [2.45, 2.75) is 57.2 Å². The topological polar surface area (TPSA) is 24.1 Å². The molecule has 1 saturated carbocycles. The molecule has 0 radical (unpaired) electrons. The fourth-order valence-corrected chi connectivity index (χ4v) is 4.19. The maximum absolute atomic E-state index is 3.89. The van der Waals surface area contributed by atoms with E-state index in [9.17, 15) is 0 Å². The van der Waals surface area contributed by atoms with Crippen molar-refractivity contribution in [1.82, 2.24) is 10.6 Å². The third kappa shape index (κ3) is 3.26. The molecule has 2 fully saturated rings. The van der Waals surface area contributed by atoms with Crippen molar-refractivity contribution in [1.29, 1.82) is 0 Å². The van der Waals surface area contributed by atoms with Gasteiger partial charge in [0.2, 0.25) is 0 Å². The van der Waals surface area contributed by atoms with E-state index in [1.54, 1.807) is 0 Å². The maximum Gasteiger partial charge on any atom is 0.0294 e. The van der Waals surface area contributed by atoms with Gasteiger partial charge in [0.05, 0.1) is 0 Å². The maximum atomic E-state index is 3.89. The Morgan fingerprint density at radius 1 is 1.15 bits per heavy atom. The Bertz CT molecular complexity index is 425. The quantitative estimate of drug-likeness (QED) is 0.867. The lowest BCUT2D eigenvalue weighted by atomic mass is 9.92. The zero-order valence-corrected chi connectivity index (χ0v) is 13.8. The molecule has 110 valence electrons. The molecule has 0 bridgehead atoms. The molecule has 4 atom stereocenters. The van der Waals surface area contributed by atoms with Crippen LogP contribution in [0.2, 0.25) is 0 Å². The van der Waals surface area contributed by atoms with Crippen LogP contribution in [0.15, 0.2) is 28.7 Å². The van der Waals surface area contributed by atoms with Crippen LogP contribution in [0.5, 0.6) is 0 Å². The van der Waals surface area contributed by atoms with Gasteiger partial charge in [-0.3, -0.25) is 0 Å². The van der Waals surface area contributed by atoms with Gasteiger partial charge in [-0.05, 0) is 62.8 Å². The predicted octanol–water partition coefficient (Wildman–Crippen LogP) is 4.02. The summed E-state index contributed by atoms with van der Waals surface area (Å²) in [7, 11) is 0. The molecule has 2 nitrogen and oxygen atoms in total. The number of hydrogen-bond donors (Lipinski definition) is 2. The molecule has 1 aliphatic carbocycles. The van der Waals surface area contributed by atoms with Gasteiger partial charge in [0.1, 0.15) is 0 Å². The minimum atomic E-state index is 0.440.